The smallest absolute Gasteiger partial charge is 0.130 e. The fraction of sp³-hybridized carbons (Fsp3) is 0.650. The molecule has 0 bridgehead atoms. The van der Waals surface area contributed by atoms with E-state index >= 15 is 0 Å². The zero-order chi connectivity index (χ0) is 18.6. The quantitative estimate of drug-likeness (QED) is 0.751. The van der Waals surface area contributed by atoms with Crippen LogP contribution in [-0.4, -0.2) is 31.6 Å². The Hall–Kier alpha value is -1.62. The molecule has 25 heavy (non-hydrogen) atoms. The second-order valence-electron chi connectivity index (χ2n) is 7.63. The third-order valence-electron chi connectivity index (χ3n) is 4.77. The number of anilines is 2. The normalized spacial score (nSPS) is 16.9. The lowest BCUT2D eigenvalue weighted by Crippen LogP contribution is -2.42. The van der Waals surface area contributed by atoms with Gasteiger partial charge in [-0.3, -0.25) is 0 Å². The molecule has 1 aliphatic rings. The number of Topliss-reactive ketones (excluding diaryl/α,β-unsaturated/α-hetero) is 1. The van der Waals surface area contributed by atoms with Crippen molar-refractivity contribution in [2.45, 2.75) is 58.9 Å². The Morgan fingerprint density at radius 1 is 1.32 bits per heavy atom. The monoisotopic (exact) mass is 350 g/mol. The van der Waals surface area contributed by atoms with Crippen molar-refractivity contribution >= 4 is 17.2 Å². The second kappa shape index (κ2) is 8.65. The lowest BCUT2D eigenvalue weighted by atomic mass is 9.94. The molecule has 0 aromatic heterocycles. The molecule has 0 amide bonds. The number of halogens is 1. The lowest BCUT2D eigenvalue weighted by Gasteiger charge is -2.38. The van der Waals surface area contributed by atoms with Crippen LogP contribution in [0.15, 0.2) is 12.1 Å². The number of nitrogens with two attached hydrogens (primary N) is 1. The summed E-state index contributed by atoms with van der Waals surface area (Å²) in [6, 6.07) is 3.59. The van der Waals surface area contributed by atoms with Crippen molar-refractivity contribution in [2.24, 2.45) is 5.92 Å². The van der Waals surface area contributed by atoms with Crippen LogP contribution in [0.3, 0.4) is 0 Å². The molecule has 1 aromatic carbocycles. The van der Waals surface area contributed by atoms with Gasteiger partial charge in [-0.25, -0.2) is 4.39 Å². The van der Waals surface area contributed by atoms with E-state index in [2.05, 4.69) is 18.7 Å². The predicted molar refractivity (Wildman–Crippen MR) is 101 cm³/mol. The molecule has 1 aliphatic heterocycles. The topological polar surface area (TPSA) is 55.6 Å². The first-order valence-corrected chi connectivity index (χ1v) is 9.22. The Labute approximate surface area is 150 Å². The lowest BCUT2D eigenvalue weighted by molar-refractivity contribution is -0.117. The molecule has 1 saturated heterocycles. The molecule has 1 aromatic rings. The van der Waals surface area contributed by atoms with E-state index in [1.807, 2.05) is 6.92 Å². The molecule has 0 spiro atoms. The zero-order valence-corrected chi connectivity index (χ0v) is 15.8. The molecule has 0 aliphatic carbocycles. The van der Waals surface area contributed by atoms with E-state index in [-0.39, 0.29) is 17.5 Å². The first-order valence-electron chi connectivity index (χ1n) is 9.22. The number of hydrogen-bond acceptors (Lipinski definition) is 4. The van der Waals surface area contributed by atoms with Crippen molar-refractivity contribution in [1.82, 2.24) is 0 Å². The summed E-state index contributed by atoms with van der Waals surface area (Å²) in [5, 5.41) is 0. The van der Waals surface area contributed by atoms with Gasteiger partial charge in [-0.1, -0.05) is 20.8 Å². The molecule has 0 unspecified atom stereocenters. The SMILES string of the molecule is CC(=O)C[C@@H](C)c1cc(N)c(N(CC(C)C)C2CCOCC2)cc1F. The average Bonchev–Trinajstić information content (AvgIpc) is 2.54. The predicted octanol–water partition coefficient (Wildman–Crippen LogP) is 4.13. The van der Waals surface area contributed by atoms with Crippen molar-refractivity contribution in [3.05, 3.63) is 23.5 Å². The summed E-state index contributed by atoms with van der Waals surface area (Å²) in [5.74, 6) is 0.0500. The van der Waals surface area contributed by atoms with Crippen LogP contribution in [0.4, 0.5) is 15.8 Å². The van der Waals surface area contributed by atoms with E-state index in [9.17, 15) is 9.18 Å². The minimum absolute atomic E-state index is 0.0539. The number of carbonyl (C=O) groups excluding carboxylic acids is 1. The van der Waals surface area contributed by atoms with Crippen LogP contribution >= 0.6 is 0 Å². The highest BCUT2D eigenvalue weighted by molar-refractivity contribution is 5.77. The average molecular weight is 350 g/mol. The van der Waals surface area contributed by atoms with Gasteiger partial charge in [0.2, 0.25) is 0 Å². The summed E-state index contributed by atoms with van der Waals surface area (Å²) in [7, 11) is 0. The molecule has 4 nitrogen and oxygen atoms in total. The number of hydrogen-bond donors (Lipinski definition) is 1. The van der Waals surface area contributed by atoms with Crippen LogP contribution in [0.1, 0.15) is 58.4 Å². The summed E-state index contributed by atoms with van der Waals surface area (Å²) >= 11 is 0. The molecule has 1 fully saturated rings. The highest BCUT2D eigenvalue weighted by Crippen LogP contribution is 2.34. The number of carbonyl (C=O) groups is 1. The summed E-state index contributed by atoms with van der Waals surface area (Å²) in [5.41, 5.74) is 8.18. The number of nitrogen functional groups attached to an aromatic ring is 1. The summed E-state index contributed by atoms with van der Waals surface area (Å²) in [6.45, 7) is 10.00. The molecular formula is C20H31FN2O2. The van der Waals surface area contributed by atoms with Gasteiger partial charge < -0.3 is 20.2 Å². The van der Waals surface area contributed by atoms with E-state index in [1.165, 1.54) is 6.92 Å². The van der Waals surface area contributed by atoms with Crippen LogP contribution in [0.5, 0.6) is 0 Å². The van der Waals surface area contributed by atoms with E-state index in [0.29, 0.717) is 29.6 Å². The van der Waals surface area contributed by atoms with Crippen LogP contribution in [-0.2, 0) is 9.53 Å². The van der Waals surface area contributed by atoms with Crippen LogP contribution < -0.4 is 10.6 Å². The first-order chi connectivity index (χ1) is 11.8. The fourth-order valence-electron chi connectivity index (χ4n) is 3.60. The van der Waals surface area contributed by atoms with Gasteiger partial charge in [0.15, 0.2) is 0 Å². The first kappa shape index (κ1) is 19.7. The molecule has 2 rings (SSSR count). The van der Waals surface area contributed by atoms with Crippen LogP contribution in [0, 0.1) is 11.7 Å². The Morgan fingerprint density at radius 2 is 1.96 bits per heavy atom. The molecule has 140 valence electrons. The second-order valence-corrected chi connectivity index (χ2v) is 7.63. The molecule has 5 heteroatoms. The minimum Gasteiger partial charge on any atom is -0.397 e. The Bertz CT molecular complexity index is 598. The highest BCUT2D eigenvalue weighted by Gasteiger charge is 2.26. The van der Waals surface area contributed by atoms with Crippen molar-refractivity contribution in [3.63, 3.8) is 0 Å². The molecule has 0 radical (unpaired) electrons. The van der Waals surface area contributed by atoms with E-state index in [0.717, 1.165) is 38.3 Å². The van der Waals surface area contributed by atoms with Crippen LogP contribution in [0.25, 0.3) is 0 Å². The van der Waals surface area contributed by atoms with Gasteiger partial charge >= 0.3 is 0 Å². The van der Waals surface area contributed by atoms with Gasteiger partial charge in [-0.2, -0.15) is 0 Å². The summed E-state index contributed by atoms with van der Waals surface area (Å²) < 4.78 is 20.2. The highest BCUT2D eigenvalue weighted by atomic mass is 19.1. The molecule has 0 saturated carbocycles. The Morgan fingerprint density at radius 3 is 2.52 bits per heavy atom. The fourth-order valence-corrected chi connectivity index (χ4v) is 3.60. The van der Waals surface area contributed by atoms with Gasteiger partial charge in [0, 0.05) is 32.2 Å². The summed E-state index contributed by atoms with van der Waals surface area (Å²) in [6.07, 6.45) is 2.18. The molecular weight excluding hydrogens is 319 g/mol. The van der Waals surface area contributed by atoms with Crippen molar-refractivity contribution in [1.29, 1.82) is 0 Å². The third-order valence-corrected chi connectivity index (χ3v) is 4.77. The number of ether oxygens (including phenoxy) is 1. The van der Waals surface area contributed by atoms with Crippen molar-refractivity contribution in [3.8, 4) is 0 Å². The van der Waals surface area contributed by atoms with Gasteiger partial charge in [0.25, 0.3) is 0 Å². The number of benzene rings is 1. The van der Waals surface area contributed by atoms with E-state index in [1.54, 1.807) is 12.1 Å². The number of rotatable bonds is 7. The summed E-state index contributed by atoms with van der Waals surface area (Å²) in [4.78, 5) is 13.6. The zero-order valence-electron chi connectivity index (χ0n) is 15.8. The van der Waals surface area contributed by atoms with Gasteiger partial charge in [-0.15, -0.1) is 0 Å². The largest absolute Gasteiger partial charge is 0.397 e. The number of nitrogens with zero attached hydrogens (tertiary/aromatic N) is 1. The van der Waals surface area contributed by atoms with Crippen molar-refractivity contribution < 1.29 is 13.9 Å². The Kier molecular flexibility index (Phi) is 6.82. The third kappa shape index (κ3) is 5.18. The Balaban J connectivity index is 2.33. The van der Waals surface area contributed by atoms with Crippen LogP contribution in [0.2, 0.25) is 0 Å². The standard InChI is InChI=1S/C20H31FN2O2/c1-13(2)12-23(16-5-7-25-8-6-16)20-11-18(21)17(10-19(20)22)14(3)9-15(4)24/h10-11,13-14,16H,5-9,12,22H2,1-4H3/t14-/m1/s1. The maximum absolute atomic E-state index is 14.8. The van der Waals surface area contributed by atoms with E-state index < -0.39 is 0 Å². The maximum Gasteiger partial charge on any atom is 0.130 e. The van der Waals surface area contributed by atoms with Gasteiger partial charge in [-0.05, 0) is 49.3 Å². The van der Waals surface area contributed by atoms with Gasteiger partial charge in [0.05, 0.1) is 11.4 Å². The molecule has 1 atom stereocenters. The number of ketones is 1. The molecule has 1 heterocycles. The van der Waals surface area contributed by atoms with Crippen molar-refractivity contribution in [2.75, 3.05) is 30.4 Å². The maximum atomic E-state index is 14.8. The minimum atomic E-state index is -0.279. The molecule has 2 N–H and O–H groups in total. The van der Waals surface area contributed by atoms with E-state index in [4.69, 9.17) is 10.5 Å². The van der Waals surface area contributed by atoms with Gasteiger partial charge in [0.1, 0.15) is 11.6 Å².